The zero-order valence-corrected chi connectivity index (χ0v) is 16.2. The summed E-state index contributed by atoms with van der Waals surface area (Å²) in [7, 11) is -0.263. The standard InChI is InChI=1S/C23H24P2/c1-4-11-20(12-5-1)24-18-10-17-23(24)19-25(21-13-6-2-7-14-21)22-15-8-3-9-16-22/h1-9,11-16,23H,10,17-19H2/t23-,24-/m0/s1. The number of rotatable bonds is 5. The third-order valence-corrected chi connectivity index (χ3v) is 11.0. The maximum absolute atomic E-state index is 2.36. The summed E-state index contributed by atoms with van der Waals surface area (Å²) >= 11 is 0. The molecule has 25 heavy (non-hydrogen) atoms. The zero-order valence-electron chi connectivity index (χ0n) is 14.5. The Morgan fingerprint density at radius 3 is 1.80 bits per heavy atom. The van der Waals surface area contributed by atoms with Crippen molar-refractivity contribution in [3.05, 3.63) is 91.0 Å². The van der Waals surface area contributed by atoms with Crippen LogP contribution in [0.25, 0.3) is 0 Å². The van der Waals surface area contributed by atoms with Crippen LogP contribution in [0.15, 0.2) is 91.0 Å². The van der Waals surface area contributed by atoms with Gasteiger partial charge in [0.05, 0.1) is 0 Å². The van der Waals surface area contributed by atoms with E-state index in [0.29, 0.717) is 0 Å². The summed E-state index contributed by atoms with van der Waals surface area (Å²) in [6.45, 7) is 0. The zero-order chi connectivity index (χ0) is 16.9. The Morgan fingerprint density at radius 2 is 1.24 bits per heavy atom. The van der Waals surface area contributed by atoms with Crippen LogP contribution in [-0.2, 0) is 0 Å². The molecule has 3 aromatic carbocycles. The van der Waals surface area contributed by atoms with E-state index in [4.69, 9.17) is 0 Å². The van der Waals surface area contributed by atoms with Crippen LogP contribution in [0, 0.1) is 0 Å². The lowest BCUT2D eigenvalue weighted by Gasteiger charge is -2.27. The van der Waals surface area contributed by atoms with E-state index >= 15 is 0 Å². The van der Waals surface area contributed by atoms with Crippen molar-refractivity contribution in [1.82, 2.24) is 0 Å². The molecule has 0 aliphatic carbocycles. The van der Waals surface area contributed by atoms with Crippen LogP contribution in [0.1, 0.15) is 12.8 Å². The molecule has 1 heterocycles. The molecule has 0 amide bonds. The van der Waals surface area contributed by atoms with Crippen LogP contribution in [0.4, 0.5) is 0 Å². The Bertz CT molecular complexity index is 731. The second kappa shape index (κ2) is 8.27. The fraction of sp³-hybridized carbons (Fsp3) is 0.217. The maximum atomic E-state index is 2.36. The first-order valence-corrected chi connectivity index (χ1v) is 12.2. The highest BCUT2D eigenvalue weighted by atomic mass is 31.1. The highest BCUT2D eigenvalue weighted by molar-refractivity contribution is 7.74. The van der Waals surface area contributed by atoms with Gasteiger partial charge in [-0.05, 0) is 54.7 Å². The Balaban J connectivity index is 1.62. The number of hydrogen-bond acceptors (Lipinski definition) is 0. The monoisotopic (exact) mass is 362 g/mol. The highest BCUT2D eigenvalue weighted by Crippen LogP contribution is 2.53. The van der Waals surface area contributed by atoms with Gasteiger partial charge in [0, 0.05) is 0 Å². The Kier molecular flexibility index (Phi) is 5.61. The molecule has 0 nitrogen and oxygen atoms in total. The lowest BCUT2D eigenvalue weighted by molar-refractivity contribution is 0.841. The summed E-state index contributed by atoms with van der Waals surface area (Å²) in [5, 5.41) is 4.66. The van der Waals surface area contributed by atoms with Crippen molar-refractivity contribution in [2.24, 2.45) is 0 Å². The Morgan fingerprint density at radius 1 is 0.720 bits per heavy atom. The lowest BCUT2D eigenvalue weighted by atomic mass is 10.3. The molecule has 0 bridgehead atoms. The summed E-state index contributed by atoms with van der Waals surface area (Å²) in [6.07, 6.45) is 5.55. The van der Waals surface area contributed by atoms with Gasteiger partial charge in [-0.2, -0.15) is 0 Å². The van der Waals surface area contributed by atoms with E-state index in [9.17, 15) is 0 Å². The van der Waals surface area contributed by atoms with E-state index < -0.39 is 0 Å². The Labute approximate surface area is 153 Å². The molecule has 126 valence electrons. The lowest BCUT2D eigenvalue weighted by Crippen LogP contribution is -2.21. The first-order valence-electron chi connectivity index (χ1n) is 9.11. The largest absolute Gasteiger partial charge is 0.0718 e. The van der Waals surface area contributed by atoms with Crippen LogP contribution in [-0.4, -0.2) is 18.0 Å². The molecular weight excluding hydrogens is 338 g/mol. The second-order valence-corrected chi connectivity index (χ2v) is 11.5. The molecule has 3 aromatic rings. The van der Waals surface area contributed by atoms with Crippen LogP contribution >= 0.6 is 15.8 Å². The highest BCUT2D eigenvalue weighted by Gasteiger charge is 2.31. The first-order chi connectivity index (χ1) is 12.4. The van der Waals surface area contributed by atoms with Crippen molar-refractivity contribution in [2.45, 2.75) is 18.5 Å². The van der Waals surface area contributed by atoms with Gasteiger partial charge in [0.25, 0.3) is 0 Å². The van der Waals surface area contributed by atoms with Crippen molar-refractivity contribution in [3.8, 4) is 0 Å². The average molecular weight is 362 g/mol. The SMILES string of the molecule is c1ccc(P(C[C@@H]2CCC[P@@]2c2ccccc2)c2ccccc2)cc1. The molecular formula is C23H24P2. The van der Waals surface area contributed by atoms with E-state index in [2.05, 4.69) is 91.0 Å². The molecule has 0 saturated carbocycles. The quantitative estimate of drug-likeness (QED) is 0.555. The van der Waals surface area contributed by atoms with E-state index in [1.165, 1.54) is 35.8 Å². The molecule has 1 saturated heterocycles. The van der Waals surface area contributed by atoms with Gasteiger partial charge in [-0.1, -0.05) is 98.9 Å². The molecule has 1 aliphatic heterocycles. The van der Waals surface area contributed by atoms with Crippen LogP contribution in [0.5, 0.6) is 0 Å². The predicted octanol–water partition coefficient (Wildman–Crippen LogP) is 5.09. The fourth-order valence-electron chi connectivity index (χ4n) is 3.77. The molecule has 0 aromatic heterocycles. The van der Waals surface area contributed by atoms with Crippen LogP contribution in [0.2, 0.25) is 0 Å². The molecule has 0 N–H and O–H groups in total. The predicted molar refractivity (Wildman–Crippen MR) is 115 cm³/mol. The van der Waals surface area contributed by atoms with E-state index in [-0.39, 0.29) is 15.8 Å². The molecule has 1 fully saturated rings. The van der Waals surface area contributed by atoms with E-state index in [1.807, 2.05) is 0 Å². The maximum Gasteiger partial charge on any atom is -0.0123 e. The fourth-order valence-corrected chi connectivity index (χ4v) is 10.1. The summed E-state index contributed by atoms with van der Waals surface area (Å²) in [6, 6.07) is 33.7. The van der Waals surface area contributed by atoms with Crippen molar-refractivity contribution >= 4 is 31.8 Å². The van der Waals surface area contributed by atoms with Gasteiger partial charge in [-0.25, -0.2) is 0 Å². The van der Waals surface area contributed by atoms with Crippen LogP contribution < -0.4 is 15.9 Å². The third-order valence-electron chi connectivity index (χ3n) is 4.99. The molecule has 2 heteroatoms. The smallest absolute Gasteiger partial charge is 0.0123 e. The molecule has 0 spiro atoms. The summed E-state index contributed by atoms with van der Waals surface area (Å²) in [5.41, 5.74) is 0.865. The van der Waals surface area contributed by atoms with Crippen molar-refractivity contribution < 1.29 is 0 Å². The molecule has 1 aliphatic rings. The van der Waals surface area contributed by atoms with Crippen LogP contribution in [0.3, 0.4) is 0 Å². The van der Waals surface area contributed by atoms with Crippen molar-refractivity contribution in [1.29, 1.82) is 0 Å². The van der Waals surface area contributed by atoms with Gasteiger partial charge >= 0.3 is 0 Å². The van der Waals surface area contributed by atoms with E-state index in [0.717, 1.165) is 5.66 Å². The van der Waals surface area contributed by atoms with Gasteiger partial charge in [0.15, 0.2) is 0 Å². The molecule has 2 atom stereocenters. The number of hydrogen-bond donors (Lipinski definition) is 0. The summed E-state index contributed by atoms with van der Waals surface area (Å²) in [4.78, 5) is 0. The van der Waals surface area contributed by atoms with Gasteiger partial charge < -0.3 is 0 Å². The number of benzene rings is 3. The Hall–Kier alpha value is -1.48. The minimum atomic E-state index is -0.263. The molecule has 0 radical (unpaired) electrons. The minimum absolute atomic E-state index is 0.000694. The summed E-state index contributed by atoms with van der Waals surface area (Å²) in [5.74, 6) is 0. The molecule has 0 unspecified atom stereocenters. The van der Waals surface area contributed by atoms with Gasteiger partial charge in [-0.15, -0.1) is 0 Å². The van der Waals surface area contributed by atoms with Crippen molar-refractivity contribution in [3.63, 3.8) is 0 Å². The summed E-state index contributed by atoms with van der Waals surface area (Å²) < 4.78 is 0. The molecule has 4 rings (SSSR count). The normalized spacial score (nSPS) is 20.0. The first kappa shape index (κ1) is 17.0. The average Bonchev–Trinajstić information content (AvgIpc) is 3.16. The van der Waals surface area contributed by atoms with Gasteiger partial charge in [-0.3, -0.25) is 0 Å². The second-order valence-electron chi connectivity index (χ2n) is 6.61. The van der Waals surface area contributed by atoms with Gasteiger partial charge in [0.2, 0.25) is 0 Å². The van der Waals surface area contributed by atoms with Gasteiger partial charge in [0.1, 0.15) is 0 Å². The van der Waals surface area contributed by atoms with Crippen molar-refractivity contribution in [2.75, 3.05) is 12.3 Å². The minimum Gasteiger partial charge on any atom is -0.0718 e. The van der Waals surface area contributed by atoms with E-state index in [1.54, 1.807) is 5.30 Å². The third kappa shape index (κ3) is 4.03. The topological polar surface area (TPSA) is 0 Å².